The van der Waals surface area contributed by atoms with Crippen LogP contribution in [0, 0.1) is 17.2 Å². The molecule has 1 atom stereocenters. The van der Waals surface area contributed by atoms with Gasteiger partial charge in [-0.2, -0.15) is 5.26 Å². The Balaban J connectivity index is 1.70. The van der Waals surface area contributed by atoms with E-state index in [2.05, 4.69) is 65.5 Å². The molecular formula is C29H25N3O2. The summed E-state index contributed by atoms with van der Waals surface area (Å²) >= 11 is 0. The summed E-state index contributed by atoms with van der Waals surface area (Å²) in [5.74, 6) is -0.492. The van der Waals surface area contributed by atoms with Gasteiger partial charge in [0.25, 0.3) is 0 Å². The molecule has 1 aliphatic carbocycles. The molecule has 0 aromatic heterocycles. The van der Waals surface area contributed by atoms with Gasteiger partial charge in [-0.25, -0.2) is 10.2 Å². The van der Waals surface area contributed by atoms with E-state index in [4.69, 9.17) is 5.11 Å². The van der Waals surface area contributed by atoms with Gasteiger partial charge in [0.2, 0.25) is 0 Å². The summed E-state index contributed by atoms with van der Waals surface area (Å²) in [6, 6.07) is 26.7. The van der Waals surface area contributed by atoms with Crippen molar-refractivity contribution >= 4 is 28.9 Å². The first-order valence-electron chi connectivity index (χ1n) is 11.5. The predicted molar refractivity (Wildman–Crippen MR) is 134 cm³/mol. The number of allylic oxidation sites excluding steroid dienone is 1. The highest BCUT2D eigenvalue weighted by atomic mass is 16.4. The van der Waals surface area contributed by atoms with Crippen LogP contribution in [0.4, 0.5) is 5.69 Å². The first kappa shape index (κ1) is 21.7. The maximum atomic E-state index is 10.9. The zero-order valence-electron chi connectivity index (χ0n) is 18.7. The number of nitrogens with one attached hydrogen (secondary N) is 2. The Hall–Kier alpha value is -4.14. The number of hydrogen-bond acceptors (Lipinski definition) is 4. The molecule has 2 aliphatic rings. The zero-order valence-corrected chi connectivity index (χ0v) is 18.7. The molecule has 5 rings (SSSR count). The van der Waals surface area contributed by atoms with E-state index in [1.54, 1.807) is 6.08 Å². The summed E-state index contributed by atoms with van der Waals surface area (Å²) in [5, 5.41) is 18.5. The molecule has 3 N–H and O–H groups in total. The molecule has 1 saturated carbocycles. The molecule has 5 nitrogen and oxygen atoms in total. The van der Waals surface area contributed by atoms with Crippen molar-refractivity contribution in [1.82, 2.24) is 5.43 Å². The minimum Gasteiger partial charge on any atom is -0.478 e. The monoisotopic (exact) mass is 447 g/mol. The summed E-state index contributed by atoms with van der Waals surface area (Å²) in [6.45, 7) is 0. The van der Waals surface area contributed by atoms with Crippen LogP contribution in [0.1, 0.15) is 53.1 Å². The lowest BCUT2D eigenvalue weighted by Gasteiger charge is -2.31. The van der Waals surface area contributed by atoms with E-state index >= 15 is 0 Å². The second kappa shape index (κ2) is 9.38. The van der Waals surface area contributed by atoms with Crippen molar-refractivity contribution in [3.05, 3.63) is 107 Å². The molecule has 34 heavy (non-hydrogen) atoms. The Bertz CT molecular complexity index is 1310. The molecule has 0 radical (unpaired) electrons. The quantitative estimate of drug-likeness (QED) is 0.317. The number of rotatable bonds is 6. The third-order valence-corrected chi connectivity index (χ3v) is 6.62. The molecule has 1 heterocycles. The molecule has 0 spiro atoms. The van der Waals surface area contributed by atoms with Crippen LogP contribution in [-0.4, -0.2) is 11.1 Å². The average molecular weight is 448 g/mol. The van der Waals surface area contributed by atoms with E-state index < -0.39 is 12.0 Å². The van der Waals surface area contributed by atoms with Crippen molar-refractivity contribution in [2.45, 2.75) is 25.3 Å². The van der Waals surface area contributed by atoms with Crippen LogP contribution in [0.25, 0.3) is 17.2 Å². The maximum absolute atomic E-state index is 10.9. The standard InChI is InChI=1S/C29H25N3O2/c30-18-26-24-17-23(14-15-25(24)31-32-26)29(22-12-9-19(10-13-22)11-16-27(33)34)28(21-7-4-8-21)20-5-2-1-3-6-20/h1-3,5-6,9-17,21,26,31-32H,4,7-8H2,(H,33,34)/b16-11+,29-28-. The van der Waals surface area contributed by atoms with Crippen molar-refractivity contribution in [1.29, 1.82) is 5.26 Å². The number of anilines is 1. The highest BCUT2D eigenvalue weighted by molar-refractivity contribution is 6.00. The van der Waals surface area contributed by atoms with Crippen LogP contribution in [-0.2, 0) is 4.79 Å². The Morgan fingerprint density at radius 3 is 2.35 bits per heavy atom. The van der Waals surface area contributed by atoms with E-state index in [9.17, 15) is 10.1 Å². The maximum Gasteiger partial charge on any atom is 0.328 e. The first-order chi connectivity index (χ1) is 16.6. The van der Waals surface area contributed by atoms with Gasteiger partial charge in [-0.3, -0.25) is 0 Å². The molecular weight excluding hydrogens is 422 g/mol. The van der Waals surface area contributed by atoms with Gasteiger partial charge in [0.05, 0.1) is 11.8 Å². The number of nitriles is 1. The van der Waals surface area contributed by atoms with E-state index in [0.29, 0.717) is 5.92 Å². The lowest BCUT2D eigenvalue weighted by molar-refractivity contribution is -0.131. The lowest BCUT2D eigenvalue weighted by Crippen LogP contribution is -2.16. The molecule has 0 amide bonds. The third-order valence-electron chi connectivity index (χ3n) is 6.62. The summed E-state index contributed by atoms with van der Waals surface area (Å²) in [4.78, 5) is 10.9. The topological polar surface area (TPSA) is 85.2 Å². The molecule has 1 aliphatic heterocycles. The van der Waals surface area contributed by atoms with Crippen LogP contribution >= 0.6 is 0 Å². The molecule has 1 fully saturated rings. The van der Waals surface area contributed by atoms with E-state index in [1.807, 2.05) is 24.3 Å². The van der Waals surface area contributed by atoms with Crippen molar-refractivity contribution in [2.24, 2.45) is 5.92 Å². The number of benzene rings is 3. The Kier molecular flexibility index (Phi) is 5.99. The highest BCUT2D eigenvalue weighted by Crippen LogP contribution is 2.45. The second-order valence-electron chi connectivity index (χ2n) is 8.71. The summed E-state index contributed by atoms with van der Waals surface area (Å²) in [5.41, 5.74) is 14.7. The molecule has 3 aromatic carbocycles. The fraction of sp³-hybridized carbons (Fsp3) is 0.172. The molecule has 3 aromatic rings. The molecule has 168 valence electrons. The predicted octanol–water partition coefficient (Wildman–Crippen LogP) is 6.04. The minimum absolute atomic E-state index is 0.399. The number of aliphatic carboxylic acids is 1. The number of hydrazine groups is 1. The fourth-order valence-electron chi connectivity index (χ4n) is 4.71. The van der Waals surface area contributed by atoms with Gasteiger partial charge in [-0.15, -0.1) is 0 Å². The van der Waals surface area contributed by atoms with E-state index in [0.717, 1.165) is 52.4 Å². The highest BCUT2D eigenvalue weighted by Gasteiger charge is 2.28. The van der Waals surface area contributed by atoms with Crippen LogP contribution in [0.2, 0.25) is 0 Å². The minimum atomic E-state index is -0.964. The van der Waals surface area contributed by atoms with Gasteiger partial charge in [-0.05, 0) is 70.4 Å². The van der Waals surface area contributed by atoms with Crippen molar-refractivity contribution < 1.29 is 9.90 Å². The largest absolute Gasteiger partial charge is 0.478 e. The smallest absolute Gasteiger partial charge is 0.328 e. The Morgan fingerprint density at radius 1 is 0.971 bits per heavy atom. The van der Waals surface area contributed by atoms with Crippen LogP contribution < -0.4 is 10.9 Å². The van der Waals surface area contributed by atoms with Gasteiger partial charge in [0.15, 0.2) is 0 Å². The van der Waals surface area contributed by atoms with Crippen molar-refractivity contribution in [3.8, 4) is 6.07 Å². The van der Waals surface area contributed by atoms with Gasteiger partial charge in [0.1, 0.15) is 6.04 Å². The second-order valence-corrected chi connectivity index (χ2v) is 8.71. The van der Waals surface area contributed by atoms with Crippen LogP contribution in [0.3, 0.4) is 0 Å². The first-order valence-corrected chi connectivity index (χ1v) is 11.5. The number of hydrogen-bond donors (Lipinski definition) is 3. The summed E-state index contributed by atoms with van der Waals surface area (Å²) in [6.07, 6.45) is 6.29. The Morgan fingerprint density at radius 2 is 1.71 bits per heavy atom. The average Bonchev–Trinajstić information content (AvgIpc) is 3.25. The third kappa shape index (κ3) is 4.24. The van der Waals surface area contributed by atoms with Crippen molar-refractivity contribution in [2.75, 3.05) is 5.43 Å². The van der Waals surface area contributed by atoms with Gasteiger partial charge in [-0.1, -0.05) is 67.1 Å². The summed E-state index contributed by atoms with van der Waals surface area (Å²) < 4.78 is 0. The number of nitrogens with zero attached hydrogens (tertiary/aromatic N) is 1. The number of carboxylic acid groups (broad SMARTS) is 1. The fourth-order valence-corrected chi connectivity index (χ4v) is 4.71. The molecule has 0 bridgehead atoms. The summed E-state index contributed by atoms with van der Waals surface area (Å²) in [7, 11) is 0. The molecule has 5 heteroatoms. The Labute approximate surface area is 199 Å². The van der Waals surface area contributed by atoms with Crippen LogP contribution in [0.15, 0.2) is 78.9 Å². The van der Waals surface area contributed by atoms with Crippen LogP contribution in [0.5, 0.6) is 0 Å². The lowest BCUT2D eigenvalue weighted by atomic mass is 9.73. The molecule has 1 unspecified atom stereocenters. The van der Waals surface area contributed by atoms with Crippen molar-refractivity contribution in [3.63, 3.8) is 0 Å². The SMILES string of the molecule is N#CC1NNc2ccc(/C(=C(/c3ccccc3)C3CCC3)c3ccc(/C=C/C(=O)O)cc3)cc21. The number of carboxylic acids is 1. The van der Waals surface area contributed by atoms with Gasteiger partial charge >= 0.3 is 5.97 Å². The van der Waals surface area contributed by atoms with E-state index in [-0.39, 0.29) is 0 Å². The zero-order chi connectivity index (χ0) is 23.5. The van der Waals surface area contributed by atoms with Gasteiger partial charge in [0, 0.05) is 11.6 Å². The normalized spacial score (nSPS) is 17.9. The number of fused-ring (bicyclic) bond motifs is 1. The molecule has 0 saturated heterocycles. The van der Waals surface area contributed by atoms with E-state index in [1.165, 1.54) is 17.6 Å². The number of carbonyl (C=O) groups is 1. The van der Waals surface area contributed by atoms with Gasteiger partial charge < -0.3 is 10.5 Å².